The molecule has 0 aromatic heterocycles. The van der Waals surface area contributed by atoms with Crippen LogP contribution in [0.5, 0.6) is 0 Å². The molecule has 4 nitrogen and oxygen atoms in total. The lowest BCUT2D eigenvalue weighted by molar-refractivity contribution is -0.137. The van der Waals surface area contributed by atoms with Crippen LogP contribution in [0.1, 0.15) is 33.6 Å². The van der Waals surface area contributed by atoms with Gasteiger partial charge in [0.15, 0.2) is 5.78 Å². The second kappa shape index (κ2) is 3.37. The number of hydrogen-bond donors (Lipinski definition) is 3. The van der Waals surface area contributed by atoms with E-state index in [9.17, 15) is 20.1 Å². The highest BCUT2D eigenvalue weighted by Crippen LogP contribution is 2.62. The normalized spacial score (nSPS) is 43.6. The molecule has 104 valence electrons. The van der Waals surface area contributed by atoms with E-state index < -0.39 is 22.5 Å². The van der Waals surface area contributed by atoms with E-state index in [1.54, 1.807) is 13.0 Å². The van der Waals surface area contributed by atoms with E-state index in [2.05, 4.69) is 0 Å². The number of rotatable bonds is 1. The van der Waals surface area contributed by atoms with Gasteiger partial charge in [-0.15, -0.1) is 0 Å². The number of fused-ring (bicyclic) bond motifs is 1. The molecular weight excluding hydrogens is 244 g/mol. The van der Waals surface area contributed by atoms with Gasteiger partial charge in [0.2, 0.25) is 0 Å². The van der Waals surface area contributed by atoms with Crippen LogP contribution >= 0.6 is 0 Å². The quantitative estimate of drug-likeness (QED) is 0.652. The van der Waals surface area contributed by atoms with Gasteiger partial charge < -0.3 is 15.3 Å². The van der Waals surface area contributed by atoms with Gasteiger partial charge >= 0.3 is 0 Å². The van der Waals surface area contributed by atoms with Crippen LogP contribution in [0, 0.1) is 10.8 Å². The fraction of sp³-hybridized carbons (Fsp3) is 0.667. The minimum absolute atomic E-state index is 0.165. The van der Waals surface area contributed by atoms with Gasteiger partial charge in [-0.1, -0.05) is 18.6 Å². The van der Waals surface area contributed by atoms with Crippen molar-refractivity contribution >= 4 is 5.78 Å². The fourth-order valence-corrected chi connectivity index (χ4v) is 3.65. The SMILES string of the molecule is CC1=C2C(=C[C@@](C)(CO)[C@@H]2O)[C@@](C)(O)C(=O)C12CC2. The molecule has 0 heterocycles. The molecule has 1 saturated carbocycles. The first kappa shape index (κ1) is 13.0. The Labute approximate surface area is 112 Å². The molecule has 0 radical (unpaired) electrons. The molecule has 0 aromatic carbocycles. The molecule has 1 fully saturated rings. The summed E-state index contributed by atoms with van der Waals surface area (Å²) in [6.07, 6.45) is 2.30. The maximum Gasteiger partial charge on any atom is 0.178 e. The van der Waals surface area contributed by atoms with Crippen LogP contribution in [0.15, 0.2) is 22.8 Å². The molecule has 0 amide bonds. The Morgan fingerprint density at radius 3 is 2.42 bits per heavy atom. The average Bonchev–Trinajstić information content (AvgIpc) is 3.11. The van der Waals surface area contributed by atoms with Gasteiger partial charge in [-0.3, -0.25) is 4.79 Å². The predicted octanol–water partition coefficient (Wildman–Crippen LogP) is 0.716. The Hall–Kier alpha value is -0.970. The topological polar surface area (TPSA) is 77.8 Å². The number of Topliss-reactive ketones (excluding diaryl/α,β-unsaturated/α-hetero) is 1. The maximum absolute atomic E-state index is 12.5. The minimum Gasteiger partial charge on any atom is -0.395 e. The van der Waals surface area contributed by atoms with E-state index in [1.165, 1.54) is 6.92 Å². The van der Waals surface area contributed by atoms with Crippen LogP contribution < -0.4 is 0 Å². The number of allylic oxidation sites excluding steroid dienone is 1. The molecule has 0 bridgehead atoms. The molecule has 4 heteroatoms. The second-order valence-corrected chi connectivity index (χ2v) is 6.65. The summed E-state index contributed by atoms with van der Waals surface area (Å²) in [5.41, 5.74) is -0.927. The van der Waals surface area contributed by atoms with Gasteiger partial charge in [0.25, 0.3) is 0 Å². The van der Waals surface area contributed by atoms with E-state index >= 15 is 0 Å². The summed E-state index contributed by atoms with van der Waals surface area (Å²) in [7, 11) is 0. The summed E-state index contributed by atoms with van der Waals surface area (Å²) in [4.78, 5) is 12.5. The third kappa shape index (κ3) is 1.32. The van der Waals surface area contributed by atoms with Crippen LogP contribution in [0.3, 0.4) is 0 Å². The van der Waals surface area contributed by atoms with Crippen molar-refractivity contribution in [3.8, 4) is 0 Å². The largest absolute Gasteiger partial charge is 0.395 e. The molecule has 3 aliphatic carbocycles. The van der Waals surface area contributed by atoms with E-state index in [0.29, 0.717) is 11.1 Å². The highest BCUT2D eigenvalue weighted by molar-refractivity contribution is 6.03. The second-order valence-electron chi connectivity index (χ2n) is 6.65. The number of hydrogen-bond acceptors (Lipinski definition) is 4. The first-order chi connectivity index (χ1) is 8.70. The van der Waals surface area contributed by atoms with Gasteiger partial charge in [0.05, 0.1) is 18.1 Å². The van der Waals surface area contributed by atoms with Crippen LogP contribution in [-0.4, -0.2) is 39.4 Å². The van der Waals surface area contributed by atoms with Crippen LogP contribution in [0.25, 0.3) is 0 Å². The van der Waals surface area contributed by atoms with E-state index in [0.717, 1.165) is 18.4 Å². The number of carbonyl (C=O) groups excluding carboxylic acids is 1. The Morgan fingerprint density at radius 1 is 1.37 bits per heavy atom. The molecule has 3 rings (SSSR count). The number of carbonyl (C=O) groups is 1. The van der Waals surface area contributed by atoms with Crippen molar-refractivity contribution in [3.05, 3.63) is 22.8 Å². The number of ketones is 1. The molecule has 3 atom stereocenters. The molecule has 3 aliphatic rings. The third-order valence-corrected chi connectivity index (χ3v) is 5.28. The van der Waals surface area contributed by atoms with Crippen molar-refractivity contribution in [2.45, 2.75) is 45.3 Å². The molecular formula is C15H20O4. The molecule has 0 aliphatic heterocycles. The standard InChI is InChI=1S/C15H20O4/c1-8-10-9(6-13(2,7-16)11(10)17)14(3,19)12(18)15(8)4-5-15/h6,11,16-17,19H,4-5,7H2,1-3H3/t11-,13+,14-/m1/s1. The smallest absolute Gasteiger partial charge is 0.178 e. The first-order valence-corrected chi connectivity index (χ1v) is 6.72. The highest BCUT2D eigenvalue weighted by atomic mass is 16.3. The average molecular weight is 264 g/mol. The van der Waals surface area contributed by atoms with Crippen LogP contribution in [0.4, 0.5) is 0 Å². The lowest BCUT2D eigenvalue weighted by atomic mass is 9.69. The minimum atomic E-state index is -1.56. The lowest BCUT2D eigenvalue weighted by Gasteiger charge is -2.37. The van der Waals surface area contributed by atoms with E-state index in [1.807, 2.05) is 6.92 Å². The highest BCUT2D eigenvalue weighted by Gasteiger charge is 2.64. The van der Waals surface area contributed by atoms with Gasteiger partial charge in [0, 0.05) is 5.41 Å². The number of aliphatic hydroxyl groups is 3. The predicted molar refractivity (Wildman–Crippen MR) is 69.3 cm³/mol. The summed E-state index contributed by atoms with van der Waals surface area (Å²) in [6.45, 7) is 4.90. The molecule has 1 spiro atoms. The van der Waals surface area contributed by atoms with E-state index in [-0.39, 0.29) is 12.4 Å². The summed E-state index contributed by atoms with van der Waals surface area (Å²) in [5, 5.41) is 30.6. The van der Waals surface area contributed by atoms with Crippen molar-refractivity contribution in [3.63, 3.8) is 0 Å². The monoisotopic (exact) mass is 264 g/mol. The fourth-order valence-electron chi connectivity index (χ4n) is 3.65. The van der Waals surface area contributed by atoms with Crippen molar-refractivity contribution < 1.29 is 20.1 Å². The lowest BCUT2D eigenvalue weighted by Crippen LogP contribution is -2.47. The van der Waals surface area contributed by atoms with Crippen molar-refractivity contribution in [1.29, 1.82) is 0 Å². The summed E-state index contributed by atoms with van der Waals surface area (Å²) < 4.78 is 0. The zero-order valence-electron chi connectivity index (χ0n) is 11.5. The Bertz CT molecular complexity index is 536. The van der Waals surface area contributed by atoms with Gasteiger partial charge in [-0.2, -0.15) is 0 Å². The maximum atomic E-state index is 12.5. The molecule has 0 saturated heterocycles. The Kier molecular flexibility index (Phi) is 2.31. The summed E-state index contributed by atoms with van der Waals surface area (Å²) >= 11 is 0. The van der Waals surface area contributed by atoms with Gasteiger partial charge in [-0.05, 0) is 37.8 Å². The van der Waals surface area contributed by atoms with Crippen molar-refractivity contribution in [1.82, 2.24) is 0 Å². The van der Waals surface area contributed by atoms with Crippen molar-refractivity contribution in [2.75, 3.05) is 6.61 Å². The Morgan fingerprint density at radius 2 is 1.95 bits per heavy atom. The Balaban J connectivity index is 2.26. The third-order valence-electron chi connectivity index (χ3n) is 5.28. The zero-order chi connectivity index (χ0) is 14.2. The van der Waals surface area contributed by atoms with Gasteiger partial charge in [0.1, 0.15) is 5.60 Å². The first-order valence-electron chi connectivity index (χ1n) is 6.72. The van der Waals surface area contributed by atoms with Crippen LogP contribution in [-0.2, 0) is 4.79 Å². The van der Waals surface area contributed by atoms with E-state index in [4.69, 9.17) is 0 Å². The van der Waals surface area contributed by atoms with Crippen molar-refractivity contribution in [2.24, 2.45) is 10.8 Å². The van der Waals surface area contributed by atoms with Gasteiger partial charge in [-0.25, -0.2) is 0 Å². The summed E-state index contributed by atoms with van der Waals surface area (Å²) in [6, 6.07) is 0. The summed E-state index contributed by atoms with van der Waals surface area (Å²) in [5.74, 6) is -0.165. The molecule has 3 N–H and O–H groups in total. The molecule has 0 aromatic rings. The molecule has 19 heavy (non-hydrogen) atoms. The number of aliphatic hydroxyl groups excluding tert-OH is 2. The zero-order valence-corrected chi connectivity index (χ0v) is 11.5. The van der Waals surface area contributed by atoms with Crippen LogP contribution in [0.2, 0.25) is 0 Å². The molecule has 0 unspecified atom stereocenters.